The van der Waals surface area contributed by atoms with Gasteiger partial charge in [0.1, 0.15) is 0 Å². The average molecular weight is 340 g/mol. The maximum absolute atomic E-state index is 13.6. The zero-order chi connectivity index (χ0) is 16.0. The molecule has 10 rings (SSSR count). The van der Waals surface area contributed by atoms with Gasteiger partial charge in [0.25, 0.3) is 0 Å². The van der Waals surface area contributed by atoms with E-state index in [1.807, 2.05) is 7.11 Å². The Morgan fingerprint density at radius 1 is 0.920 bits per heavy atom. The van der Waals surface area contributed by atoms with Crippen molar-refractivity contribution in [2.45, 2.75) is 44.2 Å². The second-order valence-corrected chi connectivity index (χ2v) is 10.9. The fraction of sp³-hybridized carbons (Fsp3) is 0.952. The van der Waals surface area contributed by atoms with Crippen molar-refractivity contribution < 1.29 is 19.0 Å². The molecule has 10 aliphatic rings. The monoisotopic (exact) mass is 340 g/mol. The molecule has 2 heterocycles. The first-order valence-electron chi connectivity index (χ1n) is 10.7. The Morgan fingerprint density at radius 3 is 2.60 bits per heavy atom. The smallest absolute Gasteiger partial charge is 0.315 e. The quantitative estimate of drug-likeness (QED) is 0.686. The van der Waals surface area contributed by atoms with Crippen LogP contribution in [0.3, 0.4) is 0 Å². The molecule has 4 nitrogen and oxygen atoms in total. The van der Waals surface area contributed by atoms with Crippen molar-refractivity contribution in [1.82, 2.24) is 0 Å². The summed E-state index contributed by atoms with van der Waals surface area (Å²) in [6, 6.07) is 0. The van der Waals surface area contributed by atoms with Crippen molar-refractivity contribution in [1.29, 1.82) is 0 Å². The van der Waals surface area contributed by atoms with Gasteiger partial charge in [-0.15, -0.1) is 0 Å². The Balaban J connectivity index is 1.38. The molecule has 0 N–H and O–H groups in total. The van der Waals surface area contributed by atoms with Crippen LogP contribution in [-0.4, -0.2) is 31.6 Å². The lowest BCUT2D eigenvalue weighted by molar-refractivity contribution is -0.280. The molecule has 0 aromatic carbocycles. The lowest BCUT2D eigenvalue weighted by atomic mass is 9.43. The minimum Gasteiger partial charge on any atom is -0.435 e. The molecule has 0 aromatic rings. The second-order valence-electron chi connectivity index (χ2n) is 10.9. The summed E-state index contributed by atoms with van der Waals surface area (Å²) in [5.74, 6) is 7.36. The first-order chi connectivity index (χ1) is 12.3. The summed E-state index contributed by atoms with van der Waals surface area (Å²) in [5.41, 5.74) is -0.0817. The average Bonchev–Trinajstić information content (AvgIpc) is 3.37. The van der Waals surface area contributed by atoms with E-state index in [1.54, 1.807) is 0 Å². The van der Waals surface area contributed by atoms with Crippen molar-refractivity contribution >= 4 is 5.97 Å². The van der Waals surface area contributed by atoms with Crippen molar-refractivity contribution in [3.8, 4) is 0 Å². The zero-order valence-electron chi connectivity index (χ0n) is 14.5. The summed E-state index contributed by atoms with van der Waals surface area (Å²) in [6.45, 7) is 0. The van der Waals surface area contributed by atoms with Crippen LogP contribution in [0.5, 0.6) is 0 Å². The van der Waals surface area contributed by atoms with Gasteiger partial charge < -0.3 is 14.2 Å². The number of carbonyl (C=O) groups is 1. The Hall–Kier alpha value is -0.610. The SMILES string of the molecule is CO[C@@H]1CC[C@@H]2[C@@H]1[C@H]1[C@H]3[C@H]4[C@H]5[C@@H]6CC[C@@H]7O[C@@H]8OC(=O)[C@@]15[C@]8([C@H]4[C@@H]67)[C@@H]23. The third kappa shape index (κ3) is 0.790. The normalized spacial score (nSPS) is 79.1. The van der Waals surface area contributed by atoms with Gasteiger partial charge in [0.15, 0.2) is 0 Å². The number of methoxy groups -OCH3 is 1. The maximum Gasteiger partial charge on any atom is 0.315 e. The van der Waals surface area contributed by atoms with E-state index in [0.29, 0.717) is 35.9 Å². The van der Waals surface area contributed by atoms with Crippen LogP contribution in [0, 0.1) is 70.0 Å². The lowest BCUT2D eigenvalue weighted by Crippen LogP contribution is -2.65. The predicted octanol–water partition coefficient (Wildman–Crippen LogP) is 2.07. The molecule has 10 fully saturated rings. The number of hydrogen-bond acceptors (Lipinski definition) is 4. The van der Waals surface area contributed by atoms with Crippen LogP contribution in [-0.2, 0) is 19.0 Å². The molecular weight excluding hydrogens is 316 g/mol. The van der Waals surface area contributed by atoms with E-state index in [1.165, 1.54) is 25.7 Å². The highest BCUT2D eigenvalue weighted by molar-refractivity contribution is 5.86. The predicted molar refractivity (Wildman–Crippen MR) is 83.8 cm³/mol. The molecular formula is C21H24O4. The summed E-state index contributed by atoms with van der Waals surface area (Å²) in [7, 11) is 1.89. The van der Waals surface area contributed by atoms with Gasteiger partial charge >= 0.3 is 5.97 Å². The van der Waals surface area contributed by atoms with Crippen molar-refractivity contribution in [2.24, 2.45) is 70.0 Å². The van der Waals surface area contributed by atoms with Crippen LogP contribution < -0.4 is 0 Å². The fourth-order valence-corrected chi connectivity index (χ4v) is 12.5. The van der Waals surface area contributed by atoms with E-state index in [2.05, 4.69) is 0 Å². The van der Waals surface area contributed by atoms with Gasteiger partial charge in [0, 0.05) is 7.11 Å². The minimum atomic E-state index is -0.194. The molecule has 0 amide bonds. The third-order valence-electron chi connectivity index (χ3n) is 11.7. The van der Waals surface area contributed by atoms with Crippen LogP contribution >= 0.6 is 0 Å². The zero-order valence-corrected chi connectivity index (χ0v) is 14.5. The van der Waals surface area contributed by atoms with Crippen LogP contribution in [0.2, 0.25) is 0 Å². The summed E-state index contributed by atoms with van der Waals surface area (Å²) >= 11 is 0. The van der Waals surface area contributed by atoms with Crippen molar-refractivity contribution in [3.05, 3.63) is 0 Å². The number of fused-ring (bicyclic) bond motifs is 1. The highest BCUT2D eigenvalue weighted by Crippen LogP contribution is 3.00. The lowest BCUT2D eigenvalue weighted by Gasteiger charge is -2.59. The largest absolute Gasteiger partial charge is 0.435 e. The van der Waals surface area contributed by atoms with E-state index >= 15 is 0 Å². The molecule has 25 heavy (non-hydrogen) atoms. The van der Waals surface area contributed by atoms with E-state index in [0.717, 1.165) is 35.5 Å². The molecule has 2 aliphatic heterocycles. The topological polar surface area (TPSA) is 44.8 Å². The first-order valence-corrected chi connectivity index (χ1v) is 10.7. The molecule has 4 heteroatoms. The highest BCUT2D eigenvalue weighted by atomic mass is 16.7. The molecule has 8 bridgehead atoms. The Kier molecular flexibility index (Phi) is 1.64. The number of ether oxygens (including phenoxy) is 3. The minimum absolute atomic E-state index is 0.0839. The molecule has 0 radical (unpaired) electrons. The van der Waals surface area contributed by atoms with Crippen LogP contribution in [0.15, 0.2) is 0 Å². The fourth-order valence-electron chi connectivity index (χ4n) is 12.5. The van der Waals surface area contributed by atoms with Gasteiger partial charge in [-0.1, -0.05) is 0 Å². The summed E-state index contributed by atoms with van der Waals surface area (Å²) in [6.07, 6.45) is 5.61. The van der Waals surface area contributed by atoms with E-state index < -0.39 is 0 Å². The Bertz CT molecular complexity index is 780. The molecule has 132 valence electrons. The number of hydrogen-bond donors (Lipinski definition) is 0. The standard InChI is InChI=1S/C21H24O4/c1-23-8-4-2-6-10(8)16-13-12-14-7-3-5-9-11(7)17(12)21(15(6)13)19(24-9)25-18(22)20(14,16)21/h6-17,19H,2-5H2,1H3/t6-,7-,8-,9+,10+,11+,12+,13+,14-,15+,16+,17+,19-,20+,21+/m1/s1. The van der Waals surface area contributed by atoms with E-state index in [-0.39, 0.29) is 23.1 Å². The second kappa shape index (κ2) is 3.22. The number of carbonyl (C=O) groups excluding carboxylic acids is 1. The van der Waals surface area contributed by atoms with Gasteiger partial charge in [0.05, 0.1) is 23.0 Å². The van der Waals surface area contributed by atoms with Gasteiger partial charge in [-0.3, -0.25) is 4.79 Å². The van der Waals surface area contributed by atoms with Gasteiger partial charge in [0.2, 0.25) is 6.29 Å². The maximum atomic E-state index is 13.6. The van der Waals surface area contributed by atoms with Crippen LogP contribution in [0.1, 0.15) is 25.7 Å². The van der Waals surface area contributed by atoms with Crippen LogP contribution in [0.4, 0.5) is 0 Å². The van der Waals surface area contributed by atoms with Gasteiger partial charge in [-0.2, -0.15) is 0 Å². The summed E-state index contributed by atoms with van der Waals surface area (Å²) in [4.78, 5) is 13.6. The van der Waals surface area contributed by atoms with Crippen LogP contribution in [0.25, 0.3) is 0 Å². The molecule has 8 saturated carbocycles. The van der Waals surface area contributed by atoms with Crippen molar-refractivity contribution in [3.63, 3.8) is 0 Å². The third-order valence-corrected chi connectivity index (χ3v) is 11.7. The molecule has 15 atom stereocenters. The van der Waals surface area contributed by atoms with Gasteiger partial charge in [-0.25, -0.2) is 0 Å². The van der Waals surface area contributed by atoms with Crippen molar-refractivity contribution in [2.75, 3.05) is 7.11 Å². The Labute approximate surface area is 146 Å². The molecule has 0 unspecified atom stereocenters. The number of rotatable bonds is 1. The molecule has 0 aromatic heterocycles. The first kappa shape index (κ1) is 12.7. The summed E-state index contributed by atoms with van der Waals surface area (Å²) < 4.78 is 18.7. The molecule has 2 saturated heterocycles. The van der Waals surface area contributed by atoms with Gasteiger partial charge in [-0.05, 0) is 84.9 Å². The van der Waals surface area contributed by atoms with E-state index in [9.17, 15) is 4.79 Å². The molecule has 8 aliphatic carbocycles. The highest BCUT2D eigenvalue weighted by Gasteiger charge is 3.04. The Morgan fingerprint density at radius 2 is 1.72 bits per heavy atom. The van der Waals surface area contributed by atoms with E-state index in [4.69, 9.17) is 14.2 Å². The number of esters is 1. The summed E-state index contributed by atoms with van der Waals surface area (Å²) in [5, 5.41) is 0. The molecule has 2 spiro atoms.